The summed E-state index contributed by atoms with van der Waals surface area (Å²) in [6.45, 7) is 2.23. The van der Waals surface area contributed by atoms with Gasteiger partial charge in [0, 0.05) is 6.42 Å². The van der Waals surface area contributed by atoms with Crippen molar-refractivity contribution in [1.82, 2.24) is 0 Å². The molecule has 0 aliphatic rings. The van der Waals surface area contributed by atoms with Gasteiger partial charge in [-0.3, -0.25) is 4.89 Å². The fraction of sp³-hybridized carbons (Fsp3) is 0.722. The number of hydrogen-bond donors (Lipinski definition) is 1. The first kappa shape index (κ1) is 20.9. The van der Waals surface area contributed by atoms with E-state index in [1.54, 1.807) is 0 Å². The van der Waals surface area contributed by atoms with Crippen molar-refractivity contribution in [2.45, 2.75) is 84.0 Å². The highest BCUT2D eigenvalue weighted by Gasteiger charge is 2.02. The predicted octanol–water partition coefficient (Wildman–Crippen LogP) is 5.75. The lowest BCUT2D eigenvalue weighted by Gasteiger charge is -2.00. The van der Waals surface area contributed by atoms with Gasteiger partial charge in [-0.05, 0) is 37.1 Å². The number of allylic oxidation sites excluding steroid dienone is 4. The normalized spacial score (nSPS) is 11.5. The Hall–Kier alpha value is -1.13. The van der Waals surface area contributed by atoms with Crippen LogP contribution in [0, 0.1) is 0 Å². The summed E-state index contributed by atoms with van der Waals surface area (Å²) in [4.78, 5) is 14.8. The first-order chi connectivity index (χ1) is 10.8. The molecule has 0 spiro atoms. The molecule has 0 aromatic rings. The summed E-state index contributed by atoms with van der Waals surface area (Å²) in [5, 5.41) is 11.2. The van der Waals surface area contributed by atoms with Gasteiger partial charge in [-0.1, -0.05) is 69.8 Å². The van der Waals surface area contributed by atoms with Gasteiger partial charge >= 0.3 is 5.97 Å². The van der Waals surface area contributed by atoms with Crippen molar-refractivity contribution in [2.24, 2.45) is 0 Å². The first-order valence-electron chi connectivity index (χ1n) is 8.63. The molecule has 0 amide bonds. The standard InChI is InChI=1S/C18H32O4/c1-2-3-4-5-6-7-8-9-10-11-12-13-14-15-16-17-18(19)21-22-20/h6-9,20H,2-5,10-17H2,1H3. The summed E-state index contributed by atoms with van der Waals surface area (Å²) in [6, 6.07) is 0. The first-order valence-corrected chi connectivity index (χ1v) is 8.63. The number of carbonyl (C=O) groups excluding carboxylic acids is 1. The van der Waals surface area contributed by atoms with E-state index < -0.39 is 5.97 Å². The molecule has 0 fully saturated rings. The van der Waals surface area contributed by atoms with Crippen LogP contribution >= 0.6 is 0 Å². The zero-order chi connectivity index (χ0) is 16.3. The number of rotatable bonds is 15. The van der Waals surface area contributed by atoms with Gasteiger partial charge in [0.2, 0.25) is 0 Å². The van der Waals surface area contributed by atoms with Crippen LogP contribution < -0.4 is 0 Å². The largest absolute Gasteiger partial charge is 0.345 e. The topological polar surface area (TPSA) is 55.8 Å². The average Bonchev–Trinajstić information content (AvgIpc) is 2.51. The summed E-state index contributed by atoms with van der Waals surface area (Å²) < 4.78 is 0. The van der Waals surface area contributed by atoms with E-state index in [4.69, 9.17) is 5.26 Å². The molecule has 22 heavy (non-hydrogen) atoms. The second-order valence-corrected chi connectivity index (χ2v) is 5.54. The van der Waals surface area contributed by atoms with Crippen molar-refractivity contribution in [1.29, 1.82) is 0 Å². The molecule has 4 heteroatoms. The Morgan fingerprint density at radius 1 is 0.864 bits per heavy atom. The van der Waals surface area contributed by atoms with Crippen molar-refractivity contribution in [3.05, 3.63) is 24.3 Å². The number of carbonyl (C=O) groups is 1. The van der Waals surface area contributed by atoms with Crippen molar-refractivity contribution >= 4 is 5.97 Å². The lowest BCUT2D eigenvalue weighted by atomic mass is 10.1. The monoisotopic (exact) mass is 312 g/mol. The van der Waals surface area contributed by atoms with Crippen LogP contribution in [0.2, 0.25) is 0 Å². The minimum absolute atomic E-state index is 0.299. The van der Waals surface area contributed by atoms with E-state index in [1.807, 2.05) is 0 Å². The molecule has 4 nitrogen and oxygen atoms in total. The Morgan fingerprint density at radius 3 is 2.00 bits per heavy atom. The molecule has 0 unspecified atom stereocenters. The van der Waals surface area contributed by atoms with Crippen LogP contribution in [-0.2, 0) is 14.7 Å². The van der Waals surface area contributed by atoms with Gasteiger partial charge in [0.15, 0.2) is 0 Å². The van der Waals surface area contributed by atoms with Crippen molar-refractivity contribution in [3.63, 3.8) is 0 Å². The van der Waals surface area contributed by atoms with E-state index in [2.05, 4.69) is 41.2 Å². The highest BCUT2D eigenvalue weighted by molar-refractivity contribution is 5.68. The van der Waals surface area contributed by atoms with Crippen LogP contribution in [0.3, 0.4) is 0 Å². The fourth-order valence-corrected chi connectivity index (χ4v) is 2.18. The van der Waals surface area contributed by atoms with E-state index >= 15 is 0 Å². The van der Waals surface area contributed by atoms with Gasteiger partial charge in [-0.15, -0.1) is 0 Å². The highest BCUT2D eigenvalue weighted by Crippen LogP contribution is 2.09. The summed E-state index contributed by atoms with van der Waals surface area (Å²) in [5.41, 5.74) is 0. The maximum atomic E-state index is 10.9. The van der Waals surface area contributed by atoms with Crippen LogP contribution in [0.5, 0.6) is 0 Å². The Balaban J connectivity index is 3.21. The molecule has 0 aliphatic carbocycles. The van der Waals surface area contributed by atoms with Crippen molar-refractivity contribution in [2.75, 3.05) is 0 Å². The van der Waals surface area contributed by atoms with Crippen molar-refractivity contribution < 1.29 is 20.0 Å². The number of unbranched alkanes of at least 4 members (excludes halogenated alkanes) is 9. The third kappa shape index (κ3) is 16.9. The van der Waals surface area contributed by atoms with E-state index in [0.29, 0.717) is 6.42 Å². The summed E-state index contributed by atoms with van der Waals surface area (Å²) in [6.07, 6.45) is 21.9. The quantitative estimate of drug-likeness (QED) is 0.181. The summed E-state index contributed by atoms with van der Waals surface area (Å²) >= 11 is 0. The molecule has 0 atom stereocenters. The smallest absolute Gasteiger partial charge is 0.269 e. The Labute approximate surface area is 135 Å². The second-order valence-electron chi connectivity index (χ2n) is 5.54. The third-order valence-electron chi connectivity index (χ3n) is 3.49. The molecule has 0 heterocycles. The van der Waals surface area contributed by atoms with E-state index in [-0.39, 0.29) is 0 Å². The van der Waals surface area contributed by atoms with Gasteiger partial charge in [-0.25, -0.2) is 10.1 Å². The number of hydrogen-bond acceptors (Lipinski definition) is 4. The average molecular weight is 312 g/mol. The zero-order valence-corrected chi connectivity index (χ0v) is 14.0. The van der Waals surface area contributed by atoms with Crippen LogP contribution in [0.15, 0.2) is 24.3 Å². The Bertz CT molecular complexity index is 297. The van der Waals surface area contributed by atoms with Crippen LogP contribution in [-0.4, -0.2) is 11.2 Å². The minimum Gasteiger partial charge on any atom is -0.269 e. The maximum Gasteiger partial charge on any atom is 0.345 e. The zero-order valence-electron chi connectivity index (χ0n) is 14.0. The molecular weight excluding hydrogens is 280 g/mol. The third-order valence-corrected chi connectivity index (χ3v) is 3.49. The van der Waals surface area contributed by atoms with Gasteiger partial charge in [0.25, 0.3) is 0 Å². The Morgan fingerprint density at radius 2 is 1.41 bits per heavy atom. The van der Waals surface area contributed by atoms with Gasteiger partial charge in [0.05, 0.1) is 0 Å². The molecular formula is C18H32O4. The lowest BCUT2D eigenvalue weighted by molar-refractivity contribution is -0.462. The molecule has 1 N–H and O–H groups in total. The molecule has 0 saturated heterocycles. The fourth-order valence-electron chi connectivity index (χ4n) is 2.18. The van der Waals surface area contributed by atoms with E-state index in [9.17, 15) is 4.79 Å². The molecule has 128 valence electrons. The molecule has 0 aromatic heterocycles. The van der Waals surface area contributed by atoms with Crippen LogP contribution in [0.1, 0.15) is 84.0 Å². The minimum atomic E-state index is -0.518. The van der Waals surface area contributed by atoms with E-state index in [0.717, 1.165) is 25.7 Å². The highest BCUT2D eigenvalue weighted by atomic mass is 17.5. The van der Waals surface area contributed by atoms with Gasteiger partial charge in [0.1, 0.15) is 0 Å². The molecule has 0 rings (SSSR count). The van der Waals surface area contributed by atoms with Crippen molar-refractivity contribution in [3.8, 4) is 0 Å². The molecule has 0 aliphatic heterocycles. The van der Waals surface area contributed by atoms with Crippen LogP contribution in [0.4, 0.5) is 0 Å². The summed E-state index contributed by atoms with van der Waals surface area (Å²) in [7, 11) is 0. The molecule has 0 aromatic carbocycles. The Kier molecular flexibility index (Phi) is 17.0. The molecule has 0 saturated carbocycles. The second kappa shape index (κ2) is 17.9. The van der Waals surface area contributed by atoms with Gasteiger partial charge in [-0.2, -0.15) is 0 Å². The van der Waals surface area contributed by atoms with Crippen LogP contribution in [0.25, 0.3) is 0 Å². The van der Waals surface area contributed by atoms with E-state index in [1.165, 1.54) is 44.9 Å². The SMILES string of the molecule is CCCCCC=CC=CCCCCCCCCC(=O)OOO. The van der Waals surface area contributed by atoms with Gasteiger partial charge < -0.3 is 0 Å². The molecule has 0 bridgehead atoms. The maximum absolute atomic E-state index is 10.9. The predicted molar refractivity (Wildman–Crippen MR) is 89.2 cm³/mol. The summed E-state index contributed by atoms with van der Waals surface area (Å²) in [5.74, 6) is -0.518. The molecule has 0 radical (unpaired) electrons. The lowest BCUT2D eigenvalue weighted by Crippen LogP contribution is -2.02.